The summed E-state index contributed by atoms with van der Waals surface area (Å²) in [6.07, 6.45) is 0. The molecule has 250 valence electrons. The summed E-state index contributed by atoms with van der Waals surface area (Å²) in [7, 11) is 0. The number of benzene rings is 7. The summed E-state index contributed by atoms with van der Waals surface area (Å²) in [5.41, 5.74) is 14.5. The Morgan fingerprint density at radius 3 is 1.57 bits per heavy atom. The van der Waals surface area contributed by atoms with Crippen LogP contribution in [-0.4, -0.2) is 19.1 Å². The summed E-state index contributed by atoms with van der Waals surface area (Å²) in [5.74, 6) is 0.729. The van der Waals surface area contributed by atoms with E-state index < -0.39 is 0 Å². The van der Waals surface area contributed by atoms with Gasteiger partial charge in [-0.3, -0.25) is 0 Å². The number of aromatic nitrogens is 4. The van der Waals surface area contributed by atoms with Crippen LogP contribution in [0.2, 0.25) is 0 Å². The molecule has 0 radical (unpaired) electrons. The van der Waals surface area contributed by atoms with Gasteiger partial charge in [-0.1, -0.05) is 117 Å². The molecule has 10 aromatic rings. The molecule has 0 fully saturated rings. The predicted octanol–water partition coefficient (Wildman–Crippen LogP) is 12.3. The standard InChI is InChI=1S/C49H34N4/c1-49(2)40-20-10-6-19-38(40)47-45(49)46(32-26-29-44-39(30-32)37-18-9-13-23-43(37)52(44)33-14-4-3-5-15-33)50-48(51-47)31-24-27-34(28-25-31)53-41-21-11-7-16-35(41)36-17-8-12-22-42(36)53/h3-30H,1-2H3. The van der Waals surface area contributed by atoms with E-state index in [9.17, 15) is 0 Å². The van der Waals surface area contributed by atoms with Crippen molar-refractivity contribution in [1.29, 1.82) is 0 Å². The van der Waals surface area contributed by atoms with Crippen molar-refractivity contribution in [2.75, 3.05) is 0 Å². The fourth-order valence-electron chi connectivity index (χ4n) is 8.89. The smallest absolute Gasteiger partial charge is 0.160 e. The van der Waals surface area contributed by atoms with Gasteiger partial charge in [0.05, 0.1) is 33.5 Å². The van der Waals surface area contributed by atoms with Crippen molar-refractivity contribution in [3.8, 4) is 45.3 Å². The molecule has 0 N–H and O–H groups in total. The zero-order valence-corrected chi connectivity index (χ0v) is 29.5. The van der Waals surface area contributed by atoms with Crippen molar-refractivity contribution < 1.29 is 0 Å². The minimum atomic E-state index is -0.271. The minimum Gasteiger partial charge on any atom is -0.309 e. The SMILES string of the molecule is CC1(C)c2ccccc2-c2nc(-c3ccc(-n4c5ccccc5c5ccccc54)cc3)nc(-c3ccc4c(c3)c3ccccc3n4-c3ccccc3)c21. The highest BCUT2D eigenvalue weighted by atomic mass is 15.0. The summed E-state index contributed by atoms with van der Waals surface area (Å²) in [4.78, 5) is 10.9. The van der Waals surface area contributed by atoms with Crippen LogP contribution < -0.4 is 0 Å². The number of para-hydroxylation sites is 4. The maximum atomic E-state index is 5.48. The number of fused-ring (bicyclic) bond motifs is 9. The normalized spacial score (nSPS) is 13.2. The molecule has 0 spiro atoms. The Hall–Kier alpha value is -6.78. The van der Waals surface area contributed by atoms with Crippen LogP contribution in [0.3, 0.4) is 0 Å². The molecule has 3 aromatic heterocycles. The molecule has 0 saturated carbocycles. The Morgan fingerprint density at radius 2 is 0.906 bits per heavy atom. The van der Waals surface area contributed by atoms with Gasteiger partial charge in [0.1, 0.15) is 0 Å². The van der Waals surface area contributed by atoms with Crippen LogP contribution in [0.15, 0.2) is 170 Å². The van der Waals surface area contributed by atoms with Crippen molar-refractivity contribution in [2.45, 2.75) is 19.3 Å². The minimum absolute atomic E-state index is 0.271. The quantitative estimate of drug-likeness (QED) is 0.186. The topological polar surface area (TPSA) is 35.6 Å². The number of rotatable bonds is 4. The van der Waals surface area contributed by atoms with Gasteiger partial charge in [-0.05, 0) is 72.3 Å². The van der Waals surface area contributed by atoms with E-state index >= 15 is 0 Å². The summed E-state index contributed by atoms with van der Waals surface area (Å²) in [6, 6.07) is 60.9. The summed E-state index contributed by atoms with van der Waals surface area (Å²) < 4.78 is 4.71. The Labute approximate surface area is 307 Å². The highest BCUT2D eigenvalue weighted by Crippen LogP contribution is 2.51. The first-order valence-electron chi connectivity index (χ1n) is 18.3. The van der Waals surface area contributed by atoms with Gasteiger partial charge in [-0.2, -0.15) is 0 Å². The van der Waals surface area contributed by atoms with Crippen molar-refractivity contribution in [3.05, 3.63) is 181 Å². The van der Waals surface area contributed by atoms with Gasteiger partial charge >= 0.3 is 0 Å². The third-order valence-electron chi connectivity index (χ3n) is 11.3. The van der Waals surface area contributed by atoms with Gasteiger partial charge in [0.25, 0.3) is 0 Å². The van der Waals surface area contributed by atoms with Crippen molar-refractivity contribution >= 4 is 43.6 Å². The molecule has 3 heterocycles. The van der Waals surface area contributed by atoms with Gasteiger partial charge in [-0.15, -0.1) is 0 Å². The maximum absolute atomic E-state index is 5.48. The number of nitrogens with zero attached hydrogens (tertiary/aromatic N) is 4. The van der Waals surface area contributed by atoms with Crippen LogP contribution in [-0.2, 0) is 5.41 Å². The molecular formula is C49H34N4. The van der Waals surface area contributed by atoms with Gasteiger partial charge in [0.15, 0.2) is 5.82 Å². The molecule has 0 aliphatic heterocycles. The van der Waals surface area contributed by atoms with Crippen LogP contribution in [0.25, 0.3) is 88.9 Å². The fourth-order valence-corrected chi connectivity index (χ4v) is 8.89. The van der Waals surface area contributed by atoms with E-state index in [1.54, 1.807) is 0 Å². The third-order valence-corrected chi connectivity index (χ3v) is 11.3. The van der Waals surface area contributed by atoms with E-state index in [0.717, 1.165) is 39.7 Å². The van der Waals surface area contributed by atoms with E-state index in [0.29, 0.717) is 0 Å². The largest absolute Gasteiger partial charge is 0.309 e. The molecule has 0 bridgehead atoms. The van der Waals surface area contributed by atoms with E-state index in [2.05, 4.69) is 193 Å². The first-order chi connectivity index (χ1) is 26.1. The third kappa shape index (κ3) is 4.30. The lowest BCUT2D eigenvalue weighted by atomic mass is 9.80. The zero-order chi connectivity index (χ0) is 35.3. The predicted molar refractivity (Wildman–Crippen MR) is 219 cm³/mol. The summed E-state index contributed by atoms with van der Waals surface area (Å²) in [5, 5.41) is 4.94. The average Bonchev–Trinajstić information content (AvgIpc) is 3.81. The molecule has 53 heavy (non-hydrogen) atoms. The average molecular weight is 679 g/mol. The van der Waals surface area contributed by atoms with Crippen molar-refractivity contribution in [1.82, 2.24) is 19.1 Å². The van der Waals surface area contributed by atoms with Gasteiger partial charge < -0.3 is 9.13 Å². The Balaban J connectivity index is 1.12. The van der Waals surface area contributed by atoms with Crippen molar-refractivity contribution in [3.63, 3.8) is 0 Å². The zero-order valence-electron chi connectivity index (χ0n) is 29.5. The van der Waals surface area contributed by atoms with Gasteiger partial charge in [-0.25, -0.2) is 9.97 Å². The Kier molecular flexibility index (Phi) is 6.27. The molecule has 0 amide bonds. The van der Waals surface area contributed by atoms with E-state index in [1.165, 1.54) is 60.3 Å². The molecule has 4 nitrogen and oxygen atoms in total. The molecule has 0 atom stereocenters. The van der Waals surface area contributed by atoms with Crippen LogP contribution >= 0.6 is 0 Å². The molecule has 0 unspecified atom stereocenters. The van der Waals surface area contributed by atoms with E-state index in [-0.39, 0.29) is 5.41 Å². The second-order valence-electron chi connectivity index (χ2n) is 14.6. The van der Waals surface area contributed by atoms with E-state index in [1.807, 2.05) is 0 Å². The lowest BCUT2D eigenvalue weighted by molar-refractivity contribution is 0.658. The second kappa shape index (κ2) is 11.1. The van der Waals surface area contributed by atoms with Crippen LogP contribution in [0.4, 0.5) is 0 Å². The molecule has 11 rings (SSSR count). The number of hydrogen-bond donors (Lipinski definition) is 0. The second-order valence-corrected chi connectivity index (χ2v) is 14.6. The molecule has 1 aliphatic rings. The summed E-state index contributed by atoms with van der Waals surface area (Å²) in [6.45, 7) is 4.62. The molecular weight excluding hydrogens is 645 g/mol. The summed E-state index contributed by atoms with van der Waals surface area (Å²) >= 11 is 0. The van der Waals surface area contributed by atoms with Crippen LogP contribution in [0.5, 0.6) is 0 Å². The van der Waals surface area contributed by atoms with Crippen molar-refractivity contribution in [2.24, 2.45) is 0 Å². The first-order valence-corrected chi connectivity index (χ1v) is 18.3. The Morgan fingerprint density at radius 1 is 0.415 bits per heavy atom. The highest BCUT2D eigenvalue weighted by Gasteiger charge is 2.40. The molecule has 7 aromatic carbocycles. The highest BCUT2D eigenvalue weighted by molar-refractivity contribution is 6.11. The van der Waals surface area contributed by atoms with E-state index in [4.69, 9.17) is 9.97 Å². The monoisotopic (exact) mass is 678 g/mol. The molecule has 1 aliphatic carbocycles. The van der Waals surface area contributed by atoms with Gasteiger partial charge in [0, 0.05) is 60.6 Å². The maximum Gasteiger partial charge on any atom is 0.160 e. The molecule has 4 heteroatoms. The number of hydrogen-bond acceptors (Lipinski definition) is 2. The Bertz CT molecular complexity index is 3020. The van der Waals surface area contributed by atoms with Gasteiger partial charge in [0.2, 0.25) is 0 Å². The lowest BCUT2D eigenvalue weighted by Crippen LogP contribution is -2.17. The lowest BCUT2D eigenvalue weighted by Gasteiger charge is -2.24. The van der Waals surface area contributed by atoms with Crippen LogP contribution in [0.1, 0.15) is 25.0 Å². The van der Waals surface area contributed by atoms with Crippen LogP contribution in [0, 0.1) is 0 Å². The first kappa shape index (κ1) is 29.9. The molecule has 0 saturated heterocycles. The fraction of sp³-hybridized carbons (Fsp3) is 0.0612.